The van der Waals surface area contributed by atoms with E-state index in [0.717, 1.165) is 29.3 Å². The first kappa shape index (κ1) is 17.4. The molecule has 6 heteroatoms. The van der Waals surface area contributed by atoms with Gasteiger partial charge in [0.2, 0.25) is 11.0 Å². The van der Waals surface area contributed by atoms with E-state index in [2.05, 4.69) is 52.8 Å². The summed E-state index contributed by atoms with van der Waals surface area (Å²) in [5.41, 5.74) is 4.57. The number of benzene rings is 2. The van der Waals surface area contributed by atoms with Crippen LogP contribution in [0.4, 0.5) is 5.13 Å². The number of nitrogens with one attached hydrogen (secondary N) is 1. The van der Waals surface area contributed by atoms with Gasteiger partial charge in [-0.2, -0.15) is 0 Å². The summed E-state index contributed by atoms with van der Waals surface area (Å²) in [5, 5.41) is 12.4. The molecule has 1 amide bonds. The highest BCUT2D eigenvalue weighted by molar-refractivity contribution is 7.15. The zero-order valence-electron chi connectivity index (χ0n) is 14.9. The van der Waals surface area contributed by atoms with Crippen LogP contribution >= 0.6 is 11.3 Å². The lowest BCUT2D eigenvalue weighted by atomic mass is 10.1. The first-order valence-electron chi connectivity index (χ1n) is 8.78. The Hall–Kier alpha value is -2.99. The number of anilines is 1. The van der Waals surface area contributed by atoms with E-state index < -0.39 is 0 Å². The largest absolute Gasteiger partial charge is 0.493 e. The maximum Gasteiger partial charge on any atom is 0.250 e. The number of hydrogen-bond acceptors (Lipinski definition) is 5. The lowest BCUT2D eigenvalue weighted by Gasteiger charge is -2.00. The predicted octanol–water partition coefficient (Wildman–Crippen LogP) is 4.02. The topological polar surface area (TPSA) is 64.1 Å². The molecule has 0 bridgehead atoms. The quantitative estimate of drug-likeness (QED) is 0.682. The van der Waals surface area contributed by atoms with Gasteiger partial charge in [0.1, 0.15) is 10.8 Å². The summed E-state index contributed by atoms with van der Waals surface area (Å²) in [6, 6.07) is 14.3. The van der Waals surface area contributed by atoms with Gasteiger partial charge < -0.3 is 4.74 Å². The molecule has 0 saturated carbocycles. The predicted molar refractivity (Wildman–Crippen MR) is 107 cm³/mol. The summed E-state index contributed by atoms with van der Waals surface area (Å²) in [6.07, 6.45) is 4.93. The maximum atomic E-state index is 12.1. The third-order valence-corrected chi connectivity index (χ3v) is 5.15. The summed E-state index contributed by atoms with van der Waals surface area (Å²) in [5.74, 6) is 0.719. The summed E-state index contributed by atoms with van der Waals surface area (Å²) >= 11 is 1.39. The maximum absolute atomic E-state index is 12.1. The van der Waals surface area contributed by atoms with Gasteiger partial charge in [0.25, 0.3) is 0 Å². The minimum Gasteiger partial charge on any atom is -0.493 e. The molecule has 1 aliphatic rings. The van der Waals surface area contributed by atoms with Crippen LogP contribution in [0.15, 0.2) is 48.5 Å². The Balaban J connectivity index is 1.35. The average molecular weight is 377 g/mol. The van der Waals surface area contributed by atoms with Crippen LogP contribution in [0.2, 0.25) is 0 Å². The van der Waals surface area contributed by atoms with Crippen molar-refractivity contribution in [3.05, 3.63) is 75.8 Å². The molecule has 1 N–H and O–H groups in total. The highest BCUT2D eigenvalue weighted by Crippen LogP contribution is 2.26. The molecule has 1 aromatic heterocycles. The van der Waals surface area contributed by atoms with Crippen molar-refractivity contribution in [2.45, 2.75) is 19.8 Å². The molecule has 1 aliphatic heterocycles. The van der Waals surface area contributed by atoms with Crippen molar-refractivity contribution in [2.24, 2.45) is 0 Å². The second-order valence-corrected chi connectivity index (χ2v) is 7.51. The van der Waals surface area contributed by atoms with Crippen LogP contribution in [-0.2, 0) is 17.6 Å². The Morgan fingerprint density at radius 2 is 2.07 bits per heavy atom. The lowest BCUT2D eigenvalue weighted by Crippen LogP contribution is -2.07. The van der Waals surface area contributed by atoms with E-state index in [9.17, 15) is 4.79 Å². The number of hydrogen-bond donors (Lipinski definition) is 1. The van der Waals surface area contributed by atoms with E-state index >= 15 is 0 Å². The van der Waals surface area contributed by atoms with Gasteiger partial charge >= 0.3 is 0 Å². The minimum absolute atomic E-state index is 0.218. The first-order chi connectivity index (χ1) is 13.2. The fourth-order valence-electron chi connectivity index (χ4n) is 2.89. The summed E-state index contributed by atoms with van der Waals surface area (Å²) in [6.45, 7) is 2.79. The number of aromatic nitrogens is 2. The molecule has 2 aromatic carbocycles. The summed E-state index contributed by atoms with van der Waals surface area (Å²) < 4.78 is 5.49. The Labute approximate surface area is 161 Å². The molecule has 0 saturated heterocycles. The zero-order chi connectivity index (χ0) is 18.6. The SMILES string of the molecule is Cc1ccc(Cc2nnc(NC(=O)C=Cc3ccc4c(c3)CCO4)s2)cc1. The molecule has 0 spiro atoms. The van der Waals surface area contributed by atoms with E-state index in [4.69, 9.17) is 4.74 Å². The van der Waals surface area contributed by atoms with E-state index in [1.54, 1.807) is 6.08 Å². The van der Waals surface area contributed by atoms with Gasteiger partial charge in [0.15, 0.2) is 0 Å². The Bertz CT molecular complexity index is 993. The van der Waals surface area contributed by atoms with Crippen molar-refractivity contribution >= 4 is 28.5 Å². The smallest absolute Gasteiger partial charge is 0.250 e. The molecular formula is C21H19N3O2S. The standard InChI is InChI=1S/C21H19N3O2S/c1-14-2-4-16(5-3-14)13-20-23-24-21(27-20)22-19(25)9-7-15-6-8-18-17(12-15)10-11-26-18/h2-9,12H,10-11,13H2,1H3,(H,22,24,25). The van der Waals surface area contributed by atoms with E-state index in [0.29, 0.717) is 11.6 Å². The molecule has 0 unspecified atom stereocenters. The number of nitrogens with zero attached hydrogens (tertiary/aromatic N) is 2. The molecular weight excluding hydrogens is 358 g/mol. The molecule has 0 atom stereocenters. The molecule has 3 aromatic rings. The zero-order valence-corrected chi connectivity index (χ0v) is 15.8. The molecule has 4 rings (SSSR count). The summed E-state index contributed by atoms with van der Waals surface area (Å²) in [7, 11) is 0. The normalized spacial score (nSPS) is 12.8. The van der Waals surface area contributed by atoms with Gasteiger partial charge in [0.05, 0.1) is 6.61 Å². The number of carbonyl (C=O) groups excluding carboxylic acids is 1. The molecule has 0 fully saturated rings. The first-order valence-corrected chi connectivity index (χ1v) is 9.60. The van der Waals surface area contributed by atoms with E-state index in [-0.39, 0.29) is 5.91 Å². The van der Waals surface area contributed by atoms with Crippen molar-refractivity contribution in [1.82, 2.24) is 10.2 Å². The number of carbonyl (C=O) groups is 1. The van der Waals surface area contributed by atoms with Crippen molar-refractivity contribution in [2.75, 3.05) is 11.9 Å². The van der Waals surface area contributed by atoms with Gasteiger partial charge in [-0.3, -0.25) is 10.1 Å². The third-order valence-electron chi connectivity index (χ3n) is 4.31. The number of ether oxygens (including phenoxy) is 1. The van der Waals surface area contributed by atoms with Gasteiger partial charge in [0, 0.05) is 18.9 Å². The Morgan fingerprint density at radius 3 is 2.93 bits per heavy atom. The van der Waals surface area contributed by atoms with Crippen LogP contribution in [0.5, 0.6) is 5.75 Å². The van der Waals surface area contributed by atoms with Crippen LogP contribution in [0.3, 0.4) is 0 Å². The van der Waals surface area contributed by atoms with Gasteiger partial charge in [-0.1, -0.05) is 47.2 Å². The van der Waals surface area contributed by atoms with Gasteiger partial charge in [-0.05, 0) is 41.8 Å². The molecule has 0 radical (unpaired) electrons. The number of aryl methyl sites for hydroxylation is 1. The van der Waals surface area contributed by atoms with Gasteiger partial charge in [-0.15, -0.1) is 10.2 Å². The third kappa shape index (κ3) is 4.41. The average Bonchev–Trinajstić information content (AvgIpc) is 3.30. The van der Waals surface area contributed by atoms with Crippen LogP contribution in [0.25, 0.3) is 6.08 Å². The lowest BCUT2D eigenvalue weighted by molar-refractivity contribution is -0.111. The van der Waals surface area contributed by atoms with Crippen LogP contribution in [0.1, 0.15) is 27.3 Å². The molecule has 136 valence electrons. The van der Waals surface area contributed by atoms with E-state index in [1.165, 1.54) is 34.1 Å². The van der Waals surface area contributed by atoms with Crippen molar-refractivity contribution in [3.8, 4) is 5.75 Å². The Morgan fingerprint density at radius 1 is 1.22 bits per heavy atom. The summed E-state index contributed by atoms with van der Waals surface area (Å²) in [4.78, 5) is 12.1. The number of amides is 1. The van der Waals surface area contributed by atoms with Crippen molar-refractivity contribution < 1.29 is 9.53 Å². The fraction of sp³-hybridized carbons (Fsp3) is 0.190. The second kappa shape index (κ2) is 7.72. The molecule has 5 nitrogen and oxygen atoms in total. The highest BCUT2D eigenvalue weighted by Gasteiger charge is 2.11. The minimum atomic E-state index is -0.218. The van der Waals surface area contributed by atoms with Crippen molar-refractivity contribution in [3.63, 3.8) is 0 Å². The van der Waals surface area contributed by atoms with E-state index in [1.807, 2.05) is 12.1 Å². The fourth-order valence-corrected chi connectivity index (χ4v) is 3.66. The van der Waals surface area contributed by atoms with Crippen molar-refractivity contribution in [1.29, 1.82) is 0 Å². The monoisotopic (exact) mass is 377 g/mol. The number of rotatable bonds is 5. The molecule has 2 heterocycles. The highest BCUT2D eigenvalue weighted by atomic mass is 32.1. The van der Waals surface area contributed by atoms with Gasteiger partial charge in [-0.25, -0.2) is 0 Å². The number of fused-ring (bicyclic) bond motifs is 1. The van der Waals surface area contributed by atoms with Crippen LogP contribution < -0.4 is 10.1 Å². The molecule has 27 heavy (non-hydrogen) atoms. The van der Waals surface area contributed by atoms with Crippen LogP contribution in [0, 0.1) is 6.92 Å². The van der Waals surface area contributed by atoms with Crippen LogP contribution in [-0.4, -0.2) is 22.7 Å². The second-order valence-electron chi connectivity index (χ2n) is 6.45. The Kier molecular flexibility index (Phi) is 4.98. The molecule has 0 aliphatic carbocycles.